The number of aliphatic hydroxyl groups is 1. The molecule has 1 aliphatic heterocycles. The third-order valence-electron chi connectivity index (χ3n) is 4.98. The second-order valence-corrected chi connectivity index (χ2v) is 7.98. The van der Waals surface area contributed by atoms with Crippen molar-refractivity contribution < 1.29 is 19.4 Å². The molecule has 3 amide bonds. The summed E-state index contributed by atoms with van der Waals surface area (Å²) >= 11 is 1.59. The Bertz CT molecular complexity index is 582. The lowest BCUT2D eigenvalue weighted by molar-refractivity contribution is -0.133. The lowest BCUT2D eigenvalue weighted by Crippen LogP contribution is -2.48. The molecule has 2 N–H and O–H groups in total. The first kappa shape index (κ1) is 18.4. The molecule has 1 atom stereocenters. The predicted molar refractivity (Wildman–Crippen MR) is 95.3 cm³/mol. The number of hydrogen-bond acceptors (Lipinski definition) is 5. The zero-order valence-corrected chi connectivity index (χ0v) is 15.2. The Morgan fingerprint density at radius 1 is 1.24 bits per heavy atom. The summed E-state index contributed by atoms with van der Waals surface area (Å²) in [6.45, 7) is 0.512. The van der Waals surface area contributed by atoms with E-state index in [9.17, 15) is 14.7 Å². The van der Waals surface area contributed by atoms with Crippen molar-refractivity contribution in [1.29, 1.82) is 0 Å². The van der Waals surface area contributed by atoms with E-state index in [1.807, 2.05) is 17.5 Å². The molecule has 1 aromatic heterocycles. The first-order chi connectivity index (χ1) is 12.1. The molecule has 0 radical (unpaired) electrons. The van der Waals surface area contributed by atoms with Crippen molar-refractivity contribution in [3.8, 4) is 0 Å². The number of amides is 3. The number of carbonyl (C=O) groups is 2. The number of hydrogen-bond donors (Lipinski definition) is 2. The van der Waals surface area contributed by atoms with E-state index in [0.29, 0.717) is 19.4 Å². The Kier molecular flexibility index (Phi) is 6.09. The number of nitrogens with zero attached hydrogens (tertiary/aromatic N) is 1. The molecule has 1 aliphatic carbocycles. The van der Waals surface area contributed by atoms with Gasteiger partial charge in [-0.3, -0.25) is 9.69 Å². The maximum Gasteiger partial charge on any atom is 0.325 e. The Hall–Kier alpha value is -1.44. The number of rotatable bonds is 6. The van der Waals surface area contributed by atoms with Crippen molar-refractivity contribution >= 4 is 23.3 Å². The fraction of sp³-hybridized carbons (Fsp3) is 0.667. The third kappa shape index (κ3) is 4.40. The van der Waals surface area contributed by atoms with Gasteiger partial charge in [-0.2, -0.15) is 0 Å². The Morgan fingerprint density at radius 3 is 2.64 bits per heavy atom. The van der Waals surface area contributed by atoms with Gasteiger partial charge in [-0.15, -0.1) is 11.3 Å². The molecule has 3 rings (SSSR count). The van der Waals surface area contributed by atoms with Gasteiger partial charge in [-0.25, -0.2) is 4.79 Å². The van der Waals surface area contributed by atoms with Crippen molar-refractivity contribution in [3.05, 3.63) is 22.4 Å². The van der Waals surface area contributed by atoms with Gasteiger partial charge in [0, 0.05) is 4.88 Å². The van der Waals surface area contributed by atoms with Crippen LogP contribution in [0.1, 0.15) is 49.8 Å². The molecule has 2 heterocycles. The molecule has 138 valence electrons. The summed E-state index contributed by atoms with van der Waals surface area (Å²) in [4.78, 5) is 27.4. The van der Waals surface area contributed by atoms with Crippen molar-refractivity contribution in [3.63, 3.8) is 0 Å². The number of β-amino-alcohol motifs (C(OH)–C–C–N with tert-alkyl or cyclic N) is 1. The number of thiophene rings is 1. The summed E-state index contributed by atoms with van der Waals surface area (Å²) in [5, 5.41) is 15.0. The van der Waals surface area contributed by atoms with Gasteiger partial charge in [0.05, 0.1) is 25.9 Å². The van der Waals surface area contributed by atoms with Crippen molar-refractivity contribution in [2.75, 3.05) is 13.2 Å². The smallest absolute Gasteiger partial charge is 0.325 e. The maximum absolute atomic E-state index is 12.8. The van der Waals surface area contributed by atoms with Gasteiger partial charge in [-0.05, 0) is 24.3 Å². The number of imide groups is 1. The molecule has 6 nitrogen and oxygen atoms in total. The van der Waals surface area contributed by atoms with E-state index < -0.39 is 11.6 Å². The summed E-state index contributed by atoms with van der Waals surface area (Å²) in [5.41, 5.74) is -0.755. The van der Waals surface area contributed by atoms with Crippen LogP contribution in [0.25, 0.3) is 0 Å². The van der Waals surface area contributed by atoms with Crippen molar-refractivity contribution in [1.82, 2.24) is 10.2 Å². The molecular weight excluding hydrogens is 340 g/mol. The molecule has 7 heteroatoms. The minimum Gasteiger partial charge on any atom is -0.389 e. The Labute approximate surface area is 152 Å². The SMILES string of the molecule is O=C1NC2(CCCCCCC2)C(=O)N1C[C@@H](O)COCc1cccs1. The van der Waals surface area contributed by atoms with Crippen LogP contribution in [0.3, 0.4) is 0 Å². The summed E-state index contributed by atoms with van der Waals surface area (Å²) < 4.78 is 5.48. The first-order valence-electron chi connectivity index (χ1n) is 9.03. The van der Waals surface area contributed by atoms with Crippen LogP contribution < -0.4 is 5.32 Å². The van der Waals surface area contributed by atoms with Crippen molar-refractivity contribution in [2.45, 2.75) is 63.2 Å². The van der Waals surface area contributed by atoms with Gasteiger partial charge in [0.2, 0.25) is 0 Å². The highest BCUT2D eigenvalue weighted by molar-refractivity contribution is 7.09. The molecule has 1 aromatic rings. The summed E-state index contributed by atoms with van der Waals surface area (Å²) in [7, 11) is 0. The van der Waals surface area contributed by atoms with E-state index >= 15 is 0 Å². The van der Waals surface area contributed by atoms with Gasteiger partial charge in [0.25, 0.3) is 5.91 Å². The standard InChI is InChI=1S/C18H26N2O4S/c21-14(12-24-13-15-7-6-10-25-15)11-20-16(22)18(19-17(20)23)8-4-2-1-3-5-9-18/h6-7,10,14,21H,1-5,8-9,11-13H2,(H,19,23)/t14-/m1/s1. The van der Waals surface area contributed by atoms with Crippen LogP contribution >= 0.6 is 11.3 Å². The number of nitrogens with one attached hydrogen (secondary N) is 1. The number of carbonyl (C=O) groups excluding carboxylic acids is 2. The van der Waals surface area contributed by atoms with Gasteiger partial charge in [0.15, 0.2) is 0 Å². The predicted octanol–water partition coefficient (Wildman–Crippen LogP) is 2.66. The molecule has 1 saturated heterocycles. The highest BCUT2D eigenvalue weighted by Crippen LogP contribution is 2.32. The molecule has 2 aliphatic rings. The minimum absolute atomic E-state index is 0.0170. The van der Waals surface area contributed by atoms with E-state index in [0.717, 1.165) is 30.6 Å². The Morgan fingerprint density at radius 2 is 1.96 bits per heavy atom. The van der Waals surface area contributed by atoms with E-state index in [1.165, 1.54) is 11.3 Å². The molecule has 0 unspecified atom stereocenters. The van der Waals surface area contributed by atoms with Crippen LogP contribution in [0.2, 0.25) is 0 Å². The van der Waals surface area contributed by atoms with Crippen LogP contribution in [0.5, 0.6) is 0 Å². The fourth-order valence-electron chi connectivity index (χ4n) is 3.64. The van der Waals surface area contributed by atoms with Crippen LogP contribution in [-0.2, 0) is 16.1 Å². The molecule has 1 spiro atoms. The molecule has 25 heavy (non-hydrogen) atoms. The molecule has 1 saturated carbocycles. The van der Waals surface area contributed by atoms with Crippen LogP contribution in [0, 0.1) is 0 Å². The molecule has 2 fully saturated rings. The lowest BCUT2D eigenvalue weighted by atomic mass is 9.84. The van der Waals surface area contributed by atoms with Gasteiger partial charge in [-0.1, -0.05) is 38.2 Å². The van der Waals surface area contributed by atoms with Crippen LogP contribution in [0.4, 0.5) is 4.79 Å². The second kappa shape index (κ2) is 8.29. The lowest BCUT2D eigenvalue weighted by Gasteiger charge is -2.28. The van der Waals surface area contributed by atoms with E-state index in [-0.39, 0.29) is 25.1 Å². The van der Waals surface area contributed by atoms with Gasteiger partial charge in [0.1, 0.15) is 5.54 Å². The third-order valence-corrected chi connectivity index (χ3v) is 5.83. The number of urea groups is 1. The van der Waals surface area contributed by atoms with Crippen molar-refractivity contribution in [2.24, 2.45) is 0 Å². The molecular formula is C18H26N2O4S. The summed E-state index contributed by atoms with van der Waals surface area (Å²) in [5.74, 6) is -0.184. The Balaban J connectivity index is 1.52. The normalized spacial score (nSPS) is 21.9. The zero-order chi connectivity index (χ0) is 17.7. The quantitative estimate of drug-likeness (QED) is 0.759. The van der Waals surface area contributed by atoms with E-state index in [2.05, 4.69) is 5.32 Å². The minimum atomic E-state index is -0.877. The molecule has 0 aromatic carbocycles. The topological polar surface area (TPSA) is 78.9 Å². The number of ether oxygens (including phenoxy) is 1. The van der Waals surface area contributed by atoms with Gasteiger partial charge >= 0.3 is 6.03 Å². The first-order valence-corrected chi connectivity index (χ1v) is 9.91. The fourth-order valence-corrected chi connectivity index (χ4v) is 4.28. The van der Waals surface area contributed by atoms with Gasteiger partial charge < -0.3 is 15.2 Å². The van der Waals surface area contributed by atoms with E-state index in [1.54, 1.807) is 11.3 Å². The zero-order valence-electron chi connectivity index (χ0n) is 14.4. The number of aliphatic hydroxyl groups excluding tert-OH is 1. The summed E-state index contributed by atoms with van der Waals surface area (Å²) in [6, 6.07) is 3.52. The largest absolute Gasteiger partial charge is 0.389 e. The molecule has 0 bridgehead atoms. The monoisotopic (exact) mass is 366 g/mol. The highest BCUT2D eigenvalue weighted by Gasteiger charge is 2.50. The second-order valence-electron chi connectivity index (χ2n) is 6.94. The van der Waals surface area contributed by atoms with Crippen LogP contribution in [0.15, 0.2) is 17.5 Å². The highest BCUT2D eigenvalue weighted by atomic mass is 32.1. The van der Waals surface area contributed by atoms with E-state index in [4.69, 9.17) is 4.74 Å². The van der Waals surface area contributed by atoms with Crippen LogP contribution in [-0.4, -0.2) is 46.7 Å². The average Bonchev–Trinajstić information content (AvgIpc) is 3.14. The maximum atomic E-state index is 12.8. The average molecular weight is 366 g/mol. The summed E-state index contributed by atoms with van der Waals surface area (Å²) in [6.07, 6.45) is 5.81.